The van der Waals surface area contributed by atoms with Crippen LogP contribution in [0.5, 0.6) is 11.5 Å². The predicted octanol–water partition coefficient (Wildman–Crippen LogP) is 3.83. The van der Waals surface area contributed by atoms with Gasteiger partial charge in [0.15, 0.2) is 0 Å². The van der Waals surface area contributed by atoms with Crippen molar-refractivity contribution in [2.24, 2.45) is 0 Å². The van der Waals surface area contributed by atoms with Gasteiger partial charge in [-0.3, -0.25) is 4.79 Å². The van der Waals surface area contributed by atoms with Crippen LogP contribution in [0, 0.1) is 0 Å². The third kappa shape index (κ3) is 4.17. The number of hydrogen-bond donors (Lipinski definition) is 1. The maximum absolute atomic E-state index is 11.1. The molecule has 0 spiro atoms. The van der Waals surface area contributed by atoms with Crippen LogP contribution in [0.25, 0.3) is 5.82 Å². The second-order valence-corrected chi connectivity index (χ2v) is 6.84. The van der Waals surface area contributed by atoms with Gasteiger partial charge in [-0.1, -0.05) is 12.1 Å². The van der Waals surface area contributed by atoms with Crippen LogP contribution in [0.1, 0.15) is 29.9 Å². The summed E-state index contributed by atoms with van der Waals surface area (Å²) in [6.45, 7) is 1.09. The van der Waals surface area contributed by atoms with Gasteiger partial charge < -0.3 is 19.1 Å². The fourth-order valence-electron chi connectivity index (χ4n) is 3.48. The Kier molecular flexibility index (Phi) is 5.28. The Bertz CT molecular complexity index is 936. The number of rotatable bonds is 7. The maximum Gasteiger partial charge on any atom is 0.303 e. The van der Waals surface area contributed by atoms with Gasteiger partial charge in [0.2, 0.25) is 0 Å². The maximum atomic E-state index is 11.1. The average molecular weight is 378 g/mol. The molecule has 2 aromatic heterocycles. The molecule has 1 aromatic carbocycles. The molecule has 1 atom stereocenters. The van der Waals surface area contributed by atoms with E-state index in [0.717, 1.165) is 41.3 Å². The van der Waals surface area contributed by atoms with Gasteiger partial charge in [-0.15, -0.1) is 0 Å². The molecule has 6 heteroatoms. The minimum absolute atomic E-state index is 0.00699. The second-order valence-electron chi connectivity index (χ2n) is 6.84. The summed E-state index contributed by atoms with van der Waals surface area (Å²) in [5, 5.41) is 9.14. The molecule has 1 N–H and O–H groups in total. The molecule has 3 aromatic rings. The van der Waals surface area contributed by atoms with Crippen LogP contribution in [-0.4, -0.2) is 33.8 Å². The molecule has 144 valence electrons. The van der Waals surface area contributed by atoms with Gasteiger partial charge in [-0.05, 0) is 47.9 Å². The van der Waals surface area contributed by atoms with Crippen molar-refractivity contribution in [3.05, 3.63) is 72.2 Å². The van der Waals surface area contributed by atoms with Gasteiger partial charge >= 0.3 is 5.97 Å². The van der Waals surface area contributed by atoms with Crippen molar-refractivity contribution in [1.29, 1.82) is 0 Å². The number of carboxylic acids is 1. The van der Waals surface area contributed by atoms with Crippen LogP contribution in [0.3, 0.4) is 0 Å². The third-order valence-corrected chi connectivity index (χ3v) is 4.91. The van der Waals surface area contributed by atoms with Crippen molar-refractivity contribution in [1.82, 2.24) is 9.55 Å². The summed E-state index contributed by atoms with van der Waals surface area (Å²) >= 11 is 0. The SMILES string of the molecule is O=C(O)CC1CCOc2ccc(CCOc3ccc(-n4cccc4)nc3)cc21. The summed E-state index contributed by atoms with van der Waals surface area (Å²) in [6, 6.07) is 13.7. The molecule has 0 saturated heterocycles. The van der Waals surface area contributed by atoms with E-state index in [0.29, 0.717) is 13.2 Å². The summed E-state index contributed by atoms with van der Waals surface area (Å²) in [5.41, 5.74) is 2.10. The fraction of sp³-hybridized carbons (Fsp3) is 0.273. The molecule has 0 saturated carbocycles. The van der Waals surface area contributed by atoms with E-state index in [9.17, 15) is 4.79 Å². The Labute approximate surface area is 163 Å². The van der Waals surface area contributed by atoms with Crippen molar-refractivity contribution in [3.63, 3.8) is 0 Å². The number of pyridine rings is 1. The van der Waals surface area contributed by atoms with Gasteiger partial charge in [0.05, 0.1) is 25.8 Å². The number of hydrogen-bond acceptors (Lipinski definition) is 4. The smallest absolute Gasteiger partial charge is 0.303 e. The molecule has 0 amide bonds. The van der Waals surface area contributed by atoms with Crippen LogP contribution in [0.15, 0.2) is 61.1 Å². The van der Waals surface area contributed by atoms with E-state index >= 15 is 0 Å². The van der Waals surface area contributed by atoms with Crippen molar-refractivity contribution in [2.45, 2.75) is 25.2 Å². The highest BCUT2D eigenvalue weighted by Crippen LogP contribution is 2.36. The topological polar surface area (TPSA) is 73.6 Å². The summed E-state index contributed by atoms with van der Waals surface area (Å²) in [7, 11) is 0. The number of benzene rings is 1. The van der Waals surface area contributed by atoms with E-state index in [1.165, 1.54) is 0 Å². The molecule has 0 bridgehead atoms. The van der Waals surface area contributed by atoms with E-state index in [4.69, 9.17) is 14.6 Å². The standard InChI is InChI=1S/C22H22N2O4/c25-22(26)14-17-8-12-28-20-5-3-16(13-19(17)20)7-11-27-18-4-6-21(23-15-18)24-9-1-2-10-24/h1-6,9-10,13,15,17H,7-8,11-12,14H2,(H,25,26). The first kappa shape index (κ1) is 18.1. The lowest BCUT2D eigenvalue weighted by Gasteiger charge is -2.25. The molecule has 0 radical (unpaired) electrons. The molecule has 0 fully saturated rings. The second kappa shape index (κ2) is 8.17. The third-order valence-electron chi connectivity index (χ3n) is 4.91. The number of aromatic nitrogens is 2. The van der Waals surface area contributed by atoms with Crippen LogP contribution >= 0.6 is 0 Å². The monoisotopic (exact) mass is 378 g/mol. The van der Waals surface area contributed by atoms with Gasteiger partial charge in [-0.25, -0.2) is 4.98 Å². The largest absolute Gasteiger partial charge is 0.493 e. The minimum atomic E-state index is -0.776. The highest BCUT2D eigenvalue weighted by molar-refractivity contribution is 5.68. The molecule has 4 rings (SSSR count). The Hall–Kier alpha value is -3.28. The zero-order valence-corrected chi connectivity index (χ0v) is 15.5. The number of carboxylic acid groups (broad SMARTS) is 1. The van der Waals surface area contributed by atoms with Crippen molar-refractivity contribution in [3.8, 4) is 17.3 Å². The molecule has 6 nitrogen and oxygen atoms in total. The molecule has 1 aliphatic heterocycles. The average Bonchev–Trinajstić information content (AvgIpc) is 3.23. The molecule has 3 heterocycles. The van der Waals surface area contributed by atoms with Crippen LogP contribution in [-0.2, 0) is 11.2 Å². The highest BCUT2D eigenvalue weighted by Gasteiger charge is 2.24. The van der Waals surface area contributed by atoms with E-state index in [1.807, 2.05) is 53.4 Å². The van der Waals surface area contributed by atoms with Crippen molar-refractivity contribution < 1.29 is 19.4 Å². The minimum Gasteiger partial charge on any atom is -0.493 e. The first-order valence-electron chi connectivity index (χ1n) is 9.38. The number of ether oxygens (including phenoxy) is 2. The molecule has 1 unspecified atom stereocenters. The summed E-state index contributed by atoms with van der Waals surface area (Å²) in [6.07, 6.45) is 7.21. The Morgan fingerprint density at radius 3 is 2.86 bits per heavy atom. The normalized spacial score (nSPS) is 15.5. The molecule has 0 aliphatic carbocycles. The zero-order chi connectivity index (χ0) is 19.3. The van der Waals surface area contributed by atoms with Gasteiger partial charge in [-0.2, -0.15) is 0 Å². The van der Waals surface area contributed by atoms with E-state index in [-0.39, 0.29) is 12.3 Å². The number of nitrogens with zero attached hydrogens (tertiary/aromatic N) is 2. The van der Waals surface area contributed by atoms with Crippen molar-refractivity contribution in [2.75, 3.05) is 13.2 Å². The zero-order valence-electron chi connectivity index (χ0n) is 15.5. The predicted molar refractivity (Wildman–Crippen MR) is 104 cm³/mol. The lowest BCUT2D eigenvalue weighted by molar-refractivity contribution is -0.137. The Balaban J connectivity index is 1.37. The van der Waals surface area contributed by atoms with Gasteiger partial charge in [0, 0.05) is 24.7 Å². The molecule has 28 heavy (non-hydrogen) atoms. The quantitative estimate of drug-likeness (QED) is 0.676. The van der Waals surface area contributed by atoms with Gasteiger partial charge in [0.25, 0.3) is 0 Å². The molecular formula is C22H22N2O4. The highest BCUT2D eigenvalue weighted by atomic mass is 16.5. The summed E-state index contributed by atoms with van der Waals surface area (Å²) in [4.78, 5) is 15.5. The Morgan fingerprint density at radius 2 is 2.11 bits per heavy atom. The first-order valence-corrected chi connectivity index (χ1v) is 9.38. The lowest BCUT2D eigenvalue weighted by Crippen LogP contribution is -2.17. The van der Waals surface area contributed by atoms with Crippen LogP contribution in [0.2, 0.25) is 0 Å². The van der Waals surface area contributed by atoms with E-state index in [2.05, 4.69) is 11.1 Å². The summed E-state index contributed by atoms with van der Waals surface area (Å²) in [5.74, 6) is 1.60. The van der Waals surface area contributed by atoms with Gasteiger partial charge in [0.1, 0.15) is 17.3 Å². The number of carbonyl (C=O) groups is 1. The number of aliphatic carboxylic acids is 1. The van der Waals surface area contributed by atoms with Crippen LogP contribution < -0.4 is 9.47 Å². The first-order chi connectivity index (χ1) is 13.7. The van der Waals surface area contributed by atoms with E-state index < -0.39 is 5.97 Å². The lowest BCUT2D eigenvalue weighted by atomic mass is 9.89. The summed E-state index contributed by atoms with van der Waals surface area (Å²) < 4.78 is 13.4. The van der Waals surface area contributed by atoms with Crippen LogP contribution in [0.4, 0.5) is 0 Å². The fourth-order valence-corrected chi connectivity index (χ4v) is 3.48. The number of fused-ring (bicyclic) bond motifs is 1. The molecule has 1 aliphatic rings. The molecular weight excluding hydrogens is 356 g/mol. The van der Waals surface area contributed by atoms with E-state index in [1.54, 1.807) is 6.20 Å². The van der Waals surface area contributed by atoms with Crippen molar-refractivity contribution >= 4 is 5.97 Å². The Morgan fingerprint density at radius 1 is 1.25 bits per heavy atom.